The standard InChI is InChI=1S/C14H15NO/c1-11-7-8-15-13(9-11)10-14(16)12-5-3-2-4-6-12/h2-9,14,16H,10H2,1H3. The van der Waals surface area contributed by atoms with Crippen LogP contribution in [0.2, 0.25) is 0 Å². The molecule has 1 heterocycles. The van der Waals surface area contributed by atoms with E-state index in [1.165, 1.54) is 5.56 Å². The summed E-state index contributed by atoms with van der Waals surface area (Å²) in [6.07, 6.45) is 1.86. The Balaban J connectivity index is 2.11. The lowest BCUT2D eigenvalue weighted by molar-refractivity contribution is 0.177. The Morgan fingerprint density at radius 2 is 1.94 bits per heavy atom. The first kappa shape index (κ1) is 10.8. The van der Waals surface area contributed by atoms with Crippen LogP contribution in [0.3, 0.4) is 0 Å². The maximum atomic E-state index is 10.0. The molecule has 1 N–H and O–H groups in total. The lowest BCUT2D eigenvalue weighted by atomic mass is 10.0. The molecule has 1 aromatic heterocycles. The number of aromatic nitrogens is 1. The third-order valence-corrected chi connectivity index (χ3v) is 2.56. The second-order valence-corrected chi connectivity index (χ2v) is 3.96. The summed E-state index contributed by atoms with van der Waals surface area (Å²) < 4.78 is 0. The molecule has 0 aliphatic rings. The molecule has 1 unspecified atom stereocenters. The molecule has 1 atom stereocenters. The molecule has 0 saturated carbocycles. The maximum Gasteiger partial charge on any atom is 0.0845 e. The van der Waals surface area contributed by atoms with E-state index in [1.807, 2.05) is 49.4 Å². The van der Waals surface area contributed by atoms with E-state index in [9.17, 15) is 5.11 Å². The monoisotopic (exact) mass is 213 g/mol. The van der Waals surface area contributed by atoms with Crippen LogP contribution < -0.4 is 0 Å². The molecule has 2 rings (SSSR count). The number of pyridine rings is 1. The van der Waals surface area contributed by atoms with E-state index in [4.69, 9.17) is 0 Å². The predicted molar refractivity (Wildman–Crippen MR) is 64.1 cm³/mol. The van der Waals surface area contributed by atoms with Crippen molar-refractivity contribution in [2.75, 3.05) is 0 Å². The summed E-state index contributed by atoms with van der Waals surface area (Å²) in [5.74, 6) is 0. The fraction of sp³-hybridized carbons (Fsp3) is 0.214. The molecule has 1 aromatic carbocycles. The van der Waals surface area contributed by atoms with Crippen molar-refractivity contribution in [3.05, 3.63) is 65.5 Å². The average Bonchev–Trinajstić information content (AvgIpc) is 2.30. The maximum absolute atomic E-state index is 10.0. The zero-order chi connectivity index (χ0) is 11.4. The van der Waals surface area contributed by atoms with Crippen molar-refractivity contribution in [3.8, 4) is 0 Å². The fourth-order valence-electron chi connectivity index (χ4n) is 1.70. The van der Waals surface area contributed by atoms with Crippen molar-refractivity contribution in [3.63, 3.8) is 0 Å². The topological polar surface area (TPSA) is 33.1 Å². The largest absolute Gasteiger partial charge is 0.388 e. The van der Waals surface area contributed by atoms with Gasteiger partial charge in [-0.3, -0.25) is 4.98 Å². The average molecular weight is 213 g/mol. The predicted octanol–water partition coefficient (Wildman–Crippen LogP) is 2.67. The van der Waals surface area contributed by atoms with Gasteiger partial charge in [-0.25, -0.2) is 0 Å². The summed E-state index contributed by atoms with van der Waals surface area (Å²) in [7, 11) is 0. The normalized spacial score (nSPS) is 12.4. The number of hydrogen-bond acceptors (Lipinski definition) is 2. The van der Waals surface area contributed by atoms with E-state index in [-0.39, 0.29) is 0 Å². The molecule has 0 aliphatic carbocycles. The highest BCUT2D eigenvalue weighted by molar-refractivity contribution is 5.21. The van der Waals surface area contributed by atoms with Gasteiger partial charge in [-0.1, -0.05) is 30.3 Å². The van der Waals surface area contributed by atoms with Crippen molar-refractivity contribution in [2.24, 2.45) is 0 Å². The first-order valence-corrected chi connectivity index (χ1v) is 5.40. The molecule has 2 aromatic rings. The molecule has 2 heteroatoms. The number of rotatable bonds is 3. The third-order valence-electron chi connectivity index (χ3n) is 2.56. The first-order chi connectivity index (χ1) is 7.75. The molecule has 2 nitrogen and oxygen atoms in total. The van der Waals surface area contributed by atoms with Crippen LogP contribution in [0.4, 0.5) is 0 Å². The van der Waals surface area contributed by atoms with E-state index in [0.717, 1.165) is 11.3 Å². The van der Waals surface area contributed by atoms with Gasteiger partial charge < -0.3 is 5.11 Å². The highest BCUT2D eigenvalue weighted by Crippen LogP contribution is 2.16. The van der Waals surface area contributed by atoms with Crippen LogP contribution in [0.15, 0.2) is 48.7 Å². The number of aliphatic hydroxyl groups excluding tert-OH is 1. The van der Waals surface area contributed by atoms with E-state index < -0.39 is 6.10 Å². The summed E-state index contributed by atoms with van der Waals surface area (Å²) in [6.45, 7) is 2.03. The van der Waals surface area contributed by atoms with Gasteiger partial charge in [-0.2, -0.15) is 0 Å². The Hall–Kier alpha value is -1.67. The molecule has 0 aliphatic heterocycles. The molecular formula is C14H15NO. The fourth-order valence-corrected chi connectivity index (χ4v) is 1.70. The minimum atomic E-state index is -0.476. The van der Waals surface area contributed by atoms with Crippen molar-refractivity contribution in [1.82, 2.24) is 4.98 Å². The number of hydrogen-bond donors (Lipinski definition) is 1. The molecule has 0 amide bonds. The Morgan fingerprint density at radius 3 is 2.62 bits per heavy atom. The minimum Gasteiger partial charge on any atom is -0.388 e. The molecule has 0 saturated heterocycles. The molecule has 0 radical (unpaired) electrons. The lowest BCUT2D eigenvalue weighted by Gasteiger charge is -2.10. The number of nitrogens with zero attached hydrogens (tertiary/aromatic N) is 1. The molecule has 0 fully saturated rings. The van der Waals surface area contributed by atoms with Crippen molar-refractivity contribution in [2.45, 2.75) is 19.4 Å². The van der Waals surface area contributed by atoms with Gasteiger partial charge in [-0.05, 0) is 30.2 Å². The number of aliphatic hydroxyl groups is 1. The Labute approximate surface area is 95.6 Å². The van der Waals surface area contributed by atoms with E-state index in [0.29, 0.717) is 6.42 Å². The van der Waals surface area contributed by atoms with E-state index in [2.05, 4.69) is 4.98 Å². The second kappa shape index (κ2) is 4.90. The van der Waals surface area contributed by atoms with Crippen LogP contribution in [0.5, 0.6) is 0 Å². The summed E-state index contributed by atoms with van der Waals surface area (Å²) in [6, 6.07) is 13.6. The van der Waals surface area contributed by atoms with Gasteiger partial charge in [0.15, 0.2) is 0 Å². The second-order valence-electron chi connectivity index (χ2n) is 3.96. The van der Waals surface area contributed by atoms with Gasteiger partial charge in [0.2, 0.25) is 0 Å². The zero-order valence-electron chi connectivity index (χ0n) is 9.30. The SMILES string of the molecule is Cc1ccnc(CC(O)c2ccccc2)c1. The van der Waals surface area contributed by atoms with Crippen LogP contribution in [0.25, 0.3) is 0 Å². The molecule has 0 bridgehead atoms. The van der Waals surface area contributed by atoms with Crippen molar-refractivity contribution >= 4 is 0 Å². The highest BCUT2D eigenvalue weighted by atomic mass is 16.3. The smallest absolute Gasteiger partial charge is 0.0845 e. The van der Waals surface area contributed by atoms with Crippen LogP contribution in [0, 0.1) is 6.92 Å². The summed E-state index contributed by atoms with van der Waals surface area (Å²) in [4.78, 5) is 4.25. The Bertz CT molecular complexity index is 453. The van der Waals surface area contributed by atoms with Crippen LogP contribution in [0.1, 0.15) is 22.9 Å². The van der Waals surface area contributed by atoms with Gasteiger partial charge in [0.1, 0.15) is 0 Å². The lowest BCUT2D eigenvalue weighted by Crippen LogP contribution is -2.03. The highest BCUT2D eigenvalue weighted by Gasteiger charge is 2.08. The molecular weight excluding hydrogens is 198 g/mol. The number of benzene rings is 1. The Morgan fingerprint density at radius 1 is 1.19 bits per heavy atom. The number of aryl methyl sites for hydroxylation is 1. The van der Waals surface area contributed by atoms with Crippen molar-refractivity contribution < 1.29 is 5.11 Å². The molecule has 82 valence electrons. The molecule has 16 heavy (non-hydrogen) atoms. The third kappa shape index (κ3) is 2.67. The van der Waals surface area contributed by atoms with Crippen LogP contribution in [-0.2, 0) is 6.42 Å². The Kier molecular flexibility index (Phi) is 3.32. The first-order valence-electron chi connectivity index (χ1n) is 5.40. The van der Waals surface area contributed by atoms with Gasteiger partial charge in [0.25, 0.3) is 0 Å². The minimum absolute atomic E-state index is 0.476. The van der Waals surface area contributed by atoms with Crippen molar-refractivity contribution in [1.29, 1.82) is 0 Å². The zero-order valence-corrected chi connectivity index (χ0v) is 9.30. The summed E-state index contributed by atoms with van der Waals surface area (Å²) in [5, 5.41) is 10.0. The van der Waals surface area contributed by atoms with Gasteiger partial charge in [-0.15, -0.1) is 0 Å². The van der Waals surface area contributed by atoms with E-state index in [1.54, 1.807) is 6.20 Å². The van der Waals surface area contributed by atoms with E-state index >= 15 is 0 Å². The van der Waals surface area contributed by atoms with Gasteiger partial charge >= 0.3 is 0 Å². The summed E-state index contributed by atoms with van der Waals surface area (Å²) in [5.41, 5.74) is 3.03. The summed E-state index contributed by atoms with van der Waals surface area (Å²) >= 11 is 0. The van der Waals surface area contributed by atoms with Gasteiger partial charge in [0.05, 0.1) is 6.10 Å². The van der Waals surface area contributed by atoms with Crippen LogP contribution in [-0.4, -0.2) is 10.1 Å². The quantitative estimate of drug-likeness (QED) is 0.850. The van der Waals surface area contributed by atoms with Gasteiger partial charge in [0, 0.05) is 18.3 Å². The van der Waals surface area contributed by atoms with Crippen LogP contribution >= 0.6 is 0 Å². The molecule has 0 spiro atoms.